The minimum atomic E-state index is 0.357. The standard InChI is InChI=1S/C18H30O/c1-17(2,3)12-15(13-18(4,5)6)14-19-16-10-8-7-9-11-16/h7-11,15H,12-14H2,1-6H3. The number of hydrogen-bond acceptors (Lipinski definition) is 1. The number of para-hydroxylation sites is 1. The summed E-state index contributed by atoms with van der Waals surface area (Å²) < 4.78 is 5.96. The fourth-order valence-electron chi connectivity index (χ4n) is 2.65. The van der Waals surface area contributed by atoms with Gasteiger partial charge in [-0.2, -0.15) is 0 Å². The first-order valence-corrected chi connectivity index (χ1v) is 7.34. The quantitative estimate of drug-likeness (QED) is 0.675. The molecule has 0 amide bonds. The van der Waals surface area contributed by atoms with E-state index in [2.05, 4.69) is 41.5 Å². The normalized spacial score (nSPS) is 12.8. The first-order valence-electron chi connectivity index (χ1n) is 7.34. The van der Waals surface area contributed by atoms with Gasteiger partial charge < -0.3 is 4.74 Å². The first kappa shape index (κ1) is 16.1. The highest BCUT2D eigenvalue weighted by Gasteiger charge is 2.24. The molecular formula is C18H30O. The Morgan fingerprint density at radius 2 is 1.32 bits per heavy atom. The van der Waals surface area contributed by atoms with Gasteiger partial charge in [0, 0.05) is 0 Å². The van der Waals surface area contributed by atoms with E-state index in [0.29, 0.717) is 16.7 Å². The molecule has 1 aromatic carbocycles. The van der Waals surface area contributed by atoms with Gasteiger partial charge in [-0.1, -0.05) is 59.7 Å². The van der Waals surface area contributed by atoms with Crippen LogP contribution in [0.15, 0.2) is 30.3 Å². The molecule has 0 bridgehead atoms. The molecule has 1 heteroatoms. The predicted octanol–water partition coefficient (Wildman–Crippen LogP) is 5.55. The molecule has 0 radical (unpaired) electrons. The Kier molecular flexibility index (Phi) is 5.46. The Bertz CT molecular complexity index is 338. The molecule has 0 saturated heterocycles. The molecule has 1 nitrogen and oxygen atoms in total. The van der Waals surface area contributed by atoms with Gasteiger partial charge in [0.1, 0.15) is 5.75 Å². The lowest BCUT2D eigenvalue weighted by atomic mass is 9.77. The molecule has 19 heavy (non-hydrogen) atoms. The molecular weight excluding hydrogens is 232 g/mol. The van der Waals surface area contributed by atoms with Crippen LogP contribution in [-0.4, -0.2) is 6.61 Å². The van der Waals surface area contributed by atoms with E-state index in [1.807, 2.05) is 30.3 Å². The summed E-state index contributed by atoms with van der Waals surface area (Å²) in [5.41, 5.74) is 0.714. The van der Waals surface area contributed by atoms with Crippen LogP contribution in [0, 0.1) is 16.7 Å². The van der Waals surface area contributed by atoms with Crippen LogP contribution in [-0.2, 0) is 0 Å². The average molecular weight is 262 g/mol. The van der Waals surface area contributed by atoms with Gasteiger partial charge in [-0.25, -0.2) is 0 Å². The van der Waals surface area contributed by atoms with E-state index in [4.69, 9.17) is 4.74 Å². The largest absolute Gasteiger partial charge is 0.493 e. The molecule has 0 aliphatic heterocycles. The third-order valence-electron chi connectivity index (χ3n) is 3.03. The number of benzene rings is 1. The molecule has 0 saturated carbocycles. The highest BCUT2D eigenvalue weighted by molar-refractivity contribution is 5.20. The fraction of sp³-hybridized carbons (Fsp3) is 0.667. The summed E-state index contributed by atoms with van der Waals surface area (Å²) in [5, 5.41) is 0. The molecule has 0 unspecified atom stereocenters. The molecule has 0 aliphatic rings. The summed E-state index contributed by atoms with van der Waals surface area (Å²) in [7, 11) is 0. The SMILES string of the molecule is CC(C)(C)CC(COc1ccccc1)CC(C)(C)C. The first-order chi connectivity index (χ1) is 8.66. The van der Waals surface area contributed by atoms with Crippen LogP contribution in [0.1, 0.15) is 54.4 Å². The Morgan fingerprint density at radius 3 is 1.74 bits per heavy atom. The second-order valence-electron chi connectivity index (χ2n) is 8.02. The van der Waals surface area contributed by atoms with Crippen molar-refractivity contribution in [1.82, 2.24) is 0 Å². The van der Waals surface area contributed by atoms with E-state index in [1.165, 1.54) is 12.8 Å². The lowest BCUT2D eigenvalue weighted by Crippen LogP contribution is -2.24. The summed E-state index contributed by atoms with van der Waals surface area (Å²) in [4.78, 5) is 0. The Hall–Kier alpha value is -0.980. The van der Waals surface area contributed by atoms with E-state index in [-0.39, 0.29) is 0 Å². The van der Waals surface area contributed by atoms with Gasteiger partial charge in [0.25, 0.3) is 0 Å². The van der Waals surface area contributed by atoms with Crippen molar-refractivity contribution < 1.29 is 4.74 Å². The van der Waals surface area contributed by atoms with Gasteiger partial charge in [-0.15, -0.1) is 0 Å². The molecule has 0 fully saturated rings. The summed E-state index contributed by atoms with van der Waals surface area (Å²) in [6.45, 7) is 14.7. The monoisotopic (exact) mass is 262 g/mol. The van der Waals surface area contributed by atoms with E-state index in [9.17, 15) is 0 Å². The van der Waals surface area contributed by atoms with Gasteiger partial charge in [0.2, 0.25) is 0 Å². The smallest absolute Gasteiger partial charge is 0.119 e. The van der Waals surface area contributed by atoms with Crippen molar-refractivity contribution in [2.75, 3.05) is 6.61 Å². The predicted molar refractivity (Wildman–Crippen MR) is 83.6 cm³/mol. The van der Waals surface area contributed by atoms with Gasteiger partial charge in [-0.3, -0.25) is 0 Å². The van der Waals surface area contributed by atoms with E-state index >= 15 is 0 Å². The molecule has 0 aliphatic carbocycles. The van der Waals surface area contributed by atoms with E-state index < -0.39 is 0 Å². The van der Waals surface area contributed by atoms with Gasteiger partial charge >= 0.3 is 0 Å². The zero-order valence-electron chi connectivity index (χ0n) is 13.5. The minimum absolute atomic E-state index is 0.357. The van der Waals surface area contributed by atoms with E-state index in [1.54, 1.807) is 0 Å². The van der Waals surface area contributed by atoms with Crippen LogP contribution in [0.2, 0.25) is 0 Å². The van der Waals surface area contributed by atoms with Crippen LogP contribution in [0.3, 0.4) is 0 Å². The van der Waals surface area contributed by atoms with Crippen molar-refractivity contribution in [3.05, 3.63) is 30.3 Å². The number of ether oxygens (including phenoxy) is 1. The zero-order valence-corrected chi connectivity index (χ0v) is 13.5. The number of rotatable bonds is 5. The van der Waals surface area contributed by atoms with Crippen molar-refractivity contribution in [2.45, 2.75) is 54.4 Å². The summed E-state index contributed by atoms with van der Waals surface area (Å²) >= 11 is 0. The molecule has 0 N–H and O–H groups in total. The topological polar surface area (TPSA) is 9.23 Å². The lowest BCUT2D eigenvalue weighted by Gasteiger charge is -2.31. The molecule has 0 aromatic heterocycles. The van der Waals surface area contributed by atoms with Crippen molar-refractivity contribution in [1.29, 1.82) is 0 Å². The molecule has 1 rings (SSSR count). The van der Waals surface area contributed by atoms with Crippen LogP contribution in [0.5, 0.6) is 5.75 Å². The third kappa shape index (κ3) is 7.92. The average Bonchev–Trinajstić information content (AvgIpc) is 2.23. The summed E-state index contributed by atoms with van der Waals surface area (Å²) in [5.74, 6) is 1.59. The van der Waals surface area contributed by atoms with Crippen molar-refractivity contribution in [3.63, 3.8) is 0 Å². The minimum Gasteiger partial charge on any atom is -0.493 e. The van der Waals surface area contributed by atoms with Crippen LogP contribution >= 0.6 is 0 Å². The second kappa shape index (κ2) is 6.45. The maximum absolute atomic E-state index is 5.96. The van der Waals surface area contributed by atoms with Gasteiger partial charge in [0.15, 0.2) is 0 Å². The maximum atomic E-state index is 5.96. The zero-order chi connectivity index (χ0) is 14.5. The van der Waals surface area contributed by atoms with Crippen LogP contribution in [0.4, 0.5) is 0 Å². The van der Waals surface area contributed by atoms with Crippen molar-refractivity contribution >= 4 is 0 Å². The summed E-state index contributed by atoms with van der Waals surface area (Å²) in [6.07, 6.45) is 2.41. The molecule has 0 spiro atoms. The van der Waals surface area contributed by atoms with Gasteiger partial charge in [0.05, 0.1) is 6.61 Å². The molecule has 0 heterocycles. The highest BCUT2D eigenvalue weighted by Crippen LogP contribution is 2.33. The number of hydrogen-bond donors (Lipinski definition) is 0. The molecule has 1 aromatic rings. The van der Waals surface area contributed by atoms with Crippen molar-refractivity contribution in [3.8, 4) is 5.75 Å². The lowest BCUT2D eigenvalue weighted by molar-refractivity contribution is 0.150. The third-order valence-corrected chi connectivity index (χ3v) is 3.03. The highest BCUT2D eigenvalue weighted by atomic mass is 16.5. The van der Waals surface area contributed by atoms with Crippen LogP contribution in [0.25, 0.3) is 0 Å². The van der Waals surface area contributed by atoms with Gasteiger partial charge in [-0.05, 0) is 41.7 Å². The van der Waals surface area contributed by atoms with E-state index in [0.717, 1.165) is 12.4 Å². The van der Waals surface area contributed by atoms with Crippen LogP contribution < -0.4 is 4.74 Å². The maximum Gasteiger partial charge on any atom is 0.119 e. The van der Waals surface area contributed by atoms with Crippen molar-refractivity contribution in [2.24, 2.45) is 16.7 Å². The molecule has 0 atom stereocenters. The Labute approximate surface area is 119 Å². The fourth-order valence-corrected chi connectivity index (χ4v) is 2.65. The Balaban J connectivity index is 2.59. The molecule has 108 valence electrons. The Morgan fingerprint density at radius 1 is 0.842 bits per heavy atom. The second-order valence-corrected chi connectivity index (χ2v) is 8.02. The summed E-state index contributed by atoms with van der Waals surface area (Å²) in [6, 6.07) is 10.1.